The van der Waals surface area contributed by atoms with Crippen molar-refractivity contribution in [2.45, 2.75) is 13.3 Å². The van der Waals surface area contributed by atoms with E-state index in [4.69, 9.17) is 5.73 Å². The number of hydrogen-bond acceptors (Lipinski definition) is 4. The van der Waals surface area contributed by atoms with Gasteiger partial charge in [0.15, 0.2) is 0 Å². The van der Waals surface area contributed by atoms with Gasteiger partial charge >= 0.3 is 0 Å². The summed E-state index contributed by atoms with van der Waals surface area (Å²) in [5.74, 6) is -0.724. The van der Waals surface area contributed by atoms with Gasteiger partial charge in [-0.15, -0.1) is 12.4 Å². The molecule has 1 saturated heterocycles. The van der Waals surface area contributed by atoms with E-state index in [-0.39, 0.29) is 43.1 Å². The number of halogens is 1. The Hall–Kier alpha value is -2.12. The van der Waals surface area contributed by atoms with E-state index in [1.807, 2.05) is 6.92 Å². The third kappa shape index (κ3) is 5.21. The largest absolute Gasteiger partial charge is 0.370 e. The van der Waals surface area contributed by atoms with Gasteiger partial charge < -0.3 is 21.7 Å². The number of carbonyl (C=O) groups excluding carboxylic acids is 3. The minimum atomic E-state index is -0.477. The molecule has 8 heteroatoms. The van der Waals surface area contributed by atoms with E-state index in [0.717, 1.165) is 13.1 Å². The van der Waals surface area contributed by atoms with E-state index in [2.05, 4.69) is 16.0 Å². The molecule has 7 nitrogen and oxygen atoms in total. The quantitative estimate of drug-likeness (QED) is 0.571. The molecular formula is C16H23ClN4O3. The Balaban J connectivity index is 0.00000288. The summed E-state index contributed by atoms with van der Waals surface area (Å²) >= 11 is 0. The average Bonchev–Trinajstić information content (AvgIpc) is 2.45. The maximum atomic E-state index is 12.3. The Morgan fingerprint density at radius 1 is 1.29 bits per heavy atom. The molecule has 2 rings (SSSR count). The van der Waals surface area contributed by atoms with E-state index < -0.39 is 5.91 Å². The maximum absolute atomic E-state index is 12.3. The van der Waals surface area contributed by atoms with E-state index >= 15 is 0 Å². The van der Waals surface area contributed by atoms with Gasteiger partial charge in [-0.3, -0.25) is 14.4 Å². The molecule has 0 bridgehead atoms. The lowest BCUT2D eigenvalue weighted by molar-refractivity contribution is -0.121. The number of rotatable bonds is 7. The summed E-state index contributed by atoms with van der Waals surface area (Å²) in [6.07, 6.45) is 0.0754. The molecule has 0 saturated carbocycles. The smallest absolute Gasteiger partial charge is 0.253 e. The molecule has 0 aromatic heterocycles. The zero-order chi connectivity index (χ0) is 16.8. The van der Waals surface area contributed by atoms with Crippen molar-refractivity contribution in [3.63, 3.8) is 0 Å². The van der Waals surface area contributed by atoms with Gasteiger partial charge in [0.1, 0.15) is 0 Å². The third-order valence-electron chi connectivity index (χ3n) is 4.02. The second kappa shape index (κ2) is 9.24. The maximum Gasteiger partial charge on any atom is 0.253 e. The molecule has 0 radical (unpaired) electrons. The molecule has 1 aromatic carbocycles. The highest BCUT2D eigenvalue weighted by Gasteiger charge is 2.29. The van der Waals surface area contributed by atoms with Crippen LogP contribution in [0.5, 0.6) is 0 Å². The fraction of sp³-hybridized carbons (Fsp3) is 0.438. The van der Waals surface area contributed by atoms with Crippen molar-refractivity contribution in [1.29, 1.82) is 0 Å². The number of nitrogens with one attached hydrogen (secondary N) is 3. The van der Waals surface area contributed by atoms with Gasteiger partial charge in [0.2, 0.25) is 11.8 Å². The summed E-state index contributed by atoms with van der Waals surface area (Å²) in [5.41, 5.74) is 5.87. The lowest BCUT2D eigenvalue weighted by atomic mass is 9.88. The fourth-order valence-corrected chi connectivity index (χ4v) is 2.31. The van der Waals surface area contributed by atoms with Crippen LogP contribution in [0.3, 0.4) is 0 Å². The first-order valence-corrected chi connectivity index (χ1v) is 7.66. The highest BCUT2D eigenvalue weighted by molar-refractivity contribution is 6.04. The standard InChI is InChI=1S/C16H22N4O3.ClH/c1-10(11-8-18-9-11)15(22)20-13-5-3-2-4-12(13)16(23)19-7-6-14(17)21;/h2-5,10-11,18H,6-9H2,1H3,(H2,17,21)(H,19,23)(H,20,22);1H. The van der Waals surface area contributed by atoms with Gasteiger partial charge in [-0.25, -0.2) is 0 Å². The Morgan fingerprint density at radius 3 is 2.54 bits per heavy atom. The minimum absolute atomic E-state index is 0. The van der Waals surface area contributed by atoms with Gasteiger partial charge in [-0.2, -0.15) is 0 Å². The van der Waals surface area contributed by atoms with E-state index in [9.17, 15) is 14.4 Å². The normalized spacial score (nSPS) is 14.7. The molecule has 1 heterocycles. The Morgan fingerprint density at radius 2 is 1.96 bits per heavy atom. The molecule has 132 valence electrons. The highest BCUT2D eigenvalue weighted by Crippen LogP contribution is 2.20. The molecule has 1 unspecified atom stereocenters. The summed E-state index contributed by atoms with van der Waals surface area (Å²) in [7, 11) is 0. The van der Waals surface area contributed by atoms with Crippen molar-refractivity contribution >= 4 is 35.8 Å². The first-order chi connectivity index (χ1) is 11.0. The van der Waals surface area contributed by atoms with Crippen LogP contribution in [0, 0.1) is 11.8 Å². The van der Waals surface area contributed by atoms with Crippen molar-refractivity contribution in [1.82, 2.24) is 10.6 Å². The Bertz CT molecular complexity index is 605. The molecule has 1 fully saturated rings. The van der Waals surface area contributed by atoms with Gasteiger partial charge in [-0.1, -0.05) is 19.1 Å². The molecule has 0 aliphatic carbocycles. The van der Waals surface area contributed by atoms with Crippen LogP contribution < -0.4 is 21.7 Å². The van der Waals surface area contributed by atoms with Crippen LogP contribution in [-0.4, -0.2) is 37.4 Å². The van der Waals surface area contributed by atoms with Crippen molar-refractivity contribution < 1.29 is 14.4 Å². The number of hydrogen-bond donors (Lipinski definition) is 4. The second-order valence-corrected chi connectivity index (χ2v) is 5.71. The van der Waals surface area contributed by atoms with Crippen LogP contribution in [0.4, 0.5) is 5.69 Å². The monoisotopic (exact) mass is 354 g/mol. The highest BCUT2D eigenvalue weighted by atomic mass is 35.5. The zero-order valence-electron chi connectivity index (χ0n) is 13.5. The molecule has 0 spiro atoms. The number of anilines is 1. The average molecular weight is 355 g/mol. The first kappa shape index (κ1) is 19.9. The molecule has 1 aromatic rings. The first-order valence-electron chi connectivity index (χ1n) is 7.66. The van der Waals surface area contributed by atoms with Crippen LogP contribution in [0.2, 0.25) is 0 Å². The minimum Gasteiger partial charge on any atom is -0.370 e. The Labute approximate surface area is 147 Å². The predicted molar refractivity (Wildman–Crippen MR) is 94.0 cm³/mol. The van der Waals surface area contributed by atoms with E-state index in [0.29, 0.717) is 17.2 Å². The predicted octanol–water partition coefficient (Wildman–Crippen LogP) is 0.508. The number of para-hydroxylation sites is 1. The van der Waals surface area contributed by atoms with Crippen LogP contribution in [0.1, 0.15) is 23.7 Å². The van der Waals surface area contributed by atoms with Gasteiger partial charge in [-0.05, 0) is 31.1 Å². The molecule has 24 heavy (non-hydrogen) atoms. The van der Waals surface area contributed by atoms with Crippen LogP contribution in [0.25, 0.3) is 0 Å². The number of nitrogens with two attached hydrogens (primary N) is 1. The van der Waals surface area contributed by atoms with Crippen molar-refractivity contribution in [3.05, 3.63) is 29.8 Å². The fourth-order valence-electron chi connectivity index (χ4n) is 2.31. The summed E-state index contributed by atoms with van der Waals surface area (Å²) in [4.78, 5) is 35.2. The summed E-state index contributed by atoms with van der Waals surface area (Å²) < 4.78 is 0. The zero-order valence-corrected chi connectivity index (χ0v) is 14.3. The lowest BCUT2D eigenvalue weighted by Crippen LogP contribution is -2.48. The van der Waals surface area contributed by atoms with Crippen molar-refractivity contribution in [3.8, 4) is 0 Å². The second-order valence-electron chi connectivity index (χ2n) is 5.71. The van der Waals surface area contributed by atoms with Crippen molar-refractivity contribution in [2.24, 2.45) is 17.6 Å². The van der Waals surface area contributed by atoms with E-state index in [1.165, 1.54) is 0 Å². The lowest BCUT2D eigenvalue weighted by Gasteiger charge is -2.31. The molecule has 5 N–H and O–H groups in total. The van der Waals surface area contributed by atoms with Gasteiger partial charge in [0, 0.05) is 18.9 Å². The Kier molecular flexibility index (Phi) is 7.67. The molecule has 3 amide bonds. The van der Waals surface area contributed by atoms with E-state index in [1.54, 1.807) is 24.3 Å². The van der Waals surface area contributed by atoms with Gasteiger partial charge in [0.05, 0.1) is 11.3 Å². The number of benzene rings is 1. The van der Waals surface area contributed by atoms with Crippen LogP contribution in [0.15, 0.2) is 24.3 Å². The molecule has 1 aliphatic heterocycles. The number of amides is 3. The summed E-state index contributed by atoms with van der Waals surface area (Å²) in [5, 5.41) is 8.58. The topological polar surface area (TPSA) is 113 Å². The summed E-state index contributed by atoms with van der Waals surface area (Å²) in [6.45, 7) is 3.73. The molecule has 1 atom stereocenters. The number of primary amides is 1. The van der Waals surface area contributed by atoms with Crippen molar-refractivity contribution in [2.75, 3.05) is 25.0 Å². The molecular weight excluding hydrogens is 332 g/mol. The molecule has 1 aliphatic rings. The SMILES string of the molecule is CC(C(=O)Nc1ccccc1C(=O)NCCC(N)=O)C1CNC1.Cl. The third-order valence-corrected chi connectivity index (χ3v) is 4.02. The van der Waals surface area contributed by atoms with Crippen LogP contribution in [-0.2, 0) is 9.59 Å². The number of carbonyl (C=O) groups is 3. The van der Waals surface area contributed by atoms with Gasteiger partial charge in [0.25, 0.3) is 5.91 Å². The van der Waals surface area contributed by atoms with Crippen LogP contribution >= 0.6 is 12.4 Å². The summed E-state index contributed by atoms with van der Waals surface area (Å²) in [6, 6.07) is 6.79.